The Morgan fingerprint density at radius 2 is 2.07 bits per heavy atom. The molecule has 0 radical (unpaired) electrons. The van der Waals surface area contributed by atoms with E-state index in [1.807, 2.05) is 30.3 Å². The second-order valence-corrected chi connectivity index (χ2v) is 3.00. The van der Waals surface area contributed by atoms with Crippen LogP contribution in [0, 0.1) is 0 Å². The minimum absolute atomic E-state index is 0.152. The van der Waals surface area contributed by atoms with Crippen molar-refractivity contribution in [3.63, 3.8) is 0 Å². The third-order valence-corrected chi connectivity index (χ3v) is 1.68. The van der Waals surface area contributed by atoms with Gasteiger partial charge in [0.1, 0.15) is 6.61 Å². The molecule has 15 heavy (non-hydrogen) atoms. The summed E-state index contributed by atoms with van der Waals surface area (Å²) in [4.78, 5) is 10.8. The Morgan fingerprint density at radius 3 is 2.73 bits per heavy atom. The van der Waals surface area contributed by atoms with Crippen LogP contribution in [-0.2, 0) is 9.47 Å². The van der Waals surface area contributed by atoms with Crippen LogP contribution in [0.2, 0.25) is 0 Å². The Hall–Kier alpha value is -1.48. The summed E-state index contributed by atoms with van der Waals surface area (Å²) in [6.45, 7) is 0.152. The molecule has 0 fully saturated rings. The number of ether oxygens (including phenoxy) is 2. The van der Waals surface area contributed by atoms with Crippen molar-refractivity contribution in [1.82, 2.24) is 0 Å². The number of alkyl halides is 1. The number of carbonyl (C=O) groups excluding carboxylic acids is 1. The van der Waals surface area contributed by atoms with Crippen LogP contribution < -0.4 is 0 Å². The van der Waals surface area contributed by atoms with Crippen molar-refractivity contribution in [3.05, 3.63) is 42.2 Å². The van der Waals surface area contributed by atoms with E-state index in [1.54, 1.807) is 6.08 Å². The summed E-state index contributed by atoms with van der Waals surface area (Å²) in [5.74, 6) is 0.261. The first-order valence-corrected chi connectivity index (χ1v) is 4.97. The first-order valence-electron chi connectivity index (χ1n) is 4.44. The molecule has 0 saturated carbocycles. The fraction of sp³-hybridized carbons (Fsp3) is 0.182. The van der Waals surface area contributed by atoms with Gasteiger partial charge in [0.2, 0.25) is 0 Å². The minimum atomic E-state index is -0.747. The van der Waals surface area contributed by atoms with Crippen LogP contribution in [0.3, 0.4) is 0 Å². The predicted molar refractivity (Wildman–Crippen MR) is 58.6 cm³/mol. The van der Waals surface area contributed by atoms with E-state index in [1.165, 1.54) is 6.26 Å². The summed E-state index contributed by atoms with van der Waals surface area (Å²) in [7, 11) is 0. The van der Waals surface area contributed by atoms with Crippen LogP contribution in [0.15, 0.2) is 36.6 Å². The van der Waals surface area contributed by atoms with Crippen LogP contribution in [0.4, 0.5) is 4.79 Å². The van der Waals surface area contributed by atoms with E-state index in [9.17, 15) is 4.79 Å². The Morgan fingerprint density at radius 1 is 1.33 bits per heavy atom. The van der Waals surface area contributed by atoms with Crippen LogP contribution in [0.25, 0.3) is 6.08 Å². The quantitative estimate of drug-likeness (QED) is 0.450. The van der Waals surface area contributed by atoms with Gasteiger partial charge in [-0.2, -0.15) is 0 Å². The third kappa shape index (κ3) is 5.08. The molecule has 1 rings (SSSR count). The highest BCUT2D eigenvalue weighted by molar-refractivity contribution is 6.18. The fourth-order valence-electron chi connectivity index (χ4n) is 0.888. The van der Waals surface area contributed by atoms with Gasteiger partial charge in [0.05, 0.1) is 12.1 Å². The average Bonchev–Trinajstić information content (AvgIpc) is 2.28. The van der Waals surface area contributed by atoms with Gasteiger partial charge in [0, 0.05) is 0 Å². The van der Waals surface area contributed by atoms with E-state index in [0.29, 0.717) is 0 Å². The second kappa shape index (κ2) is 6.90. The number of hydrogen-bond acceptors (Lipinski definition) is 3. The monoisotopic (exact) mass is 226 g/mol. The summed E-state index contributed by atoms with van der Waals surface area (Å²) in [5, 5.41) is 0. The molecular formula is C11H11ClO3. The third-order valence-electron chi connectivity index (χ3n) is 1.52. The molecule has 1 aromatic rings. The highest BCUT2D eigenvalue weighted by Crippen LogP contribution is 2.01. The lowest BCUT2D eigenvalue weighted by atomic mass is 10.2. The van der Waals surface area contributed by atoms with Crippen molar-refractivity contribution in [1.29, 1.82) is 0 Å². The Kier molecular flexibility index (Phi) is 5.33. The van der Waals surface area contributed by atoms with Crippen LogP contribution in [0.5, 0.6) is 0 Å². The normalized spacial score (nSPS) is 10.2. The van der Waals surface area contributed by atoms with Gasteiger partial charge in [0.25, 0.3) is 0 Å². The zero-order chi connectivity index (χ0) is 10.9. The first kappa shape index (κ1) is 11.6. The molecule has 0 bridgehead atoms. The standard InChI is InChI=1S/C11H11ClO3/c12-7-9-15-11(13)14-8-6-10-4-2-1-3-5-10/h1-6,8H,7,9H2. The zero-order valence-corrected chi connectivity index (χ0v) is 8.81. The average molecular weight is 227 g/mol. The summed E-state index contributed by atoms with van der Waals surface area (Å²) >= 11 is 5.32. The van der Waals surface area contributed by atoms with Gasteiger partial charge in [-0.3, -0.25) is 0 Å². The molecule has 0 amide bonds. The second-order valence-electron chi connectivity index (χ2n) is 2.62. The molecule has 80 valence electrons. The molecule has 0 aliphatic rings. The van der Waals surface area contributed by atoms with Crippen molar-refractivity contribution in [2.45, 2.75) is 0 Å². The maximum atomic E-state index is 10.8. The summed E-state index contributed by atoms with van der Waals surface area (Å²) in [6.07, 6.45) is 2.20. The number of halogens is 1. The van der Waals surface area contributed by atoms with Crippen molar-refractivity contribution >= 4 is 23.8 Å². The molecule has 0 unspecified atom stereocenters. The molecule has 0 aromatic heterocycles. The molecule has 0 N–H and O–H groups in total. The van der Waals surface area contributed by atoms with E-state index < -0.39 is 6.16 Å². The molecule has 4 heteroatoms. The summed E-state index contributed by atoms with van der Waals surface area (Å²) in [5.41, 5.74) is 0.947. The number of rotatable bonds is 4. The van der Waals surface area contributed by atoms with Gasteiger partial charge in [0.15, 0.2) is 0 Å². The summed E-state index contributed by atoms with van der Waals surface area (Å²) in [6, 6.07) is 9.48. The zero-order valence-electron chi connectivity index (χ0n) is 8.06. The highest BCUT2D eigenvalue weighted by Gasteiger charge is 1.98. The van der Waals surface area contributed by atoms with Gasteiger partial charge < -0.3 is 9.47 Å². The molecule has 0 atom stereocenters. The molecule has 0 spiro atoms. The van der Waals surface area contributed by atoms with Crippen molar-refractivity contribution in [2.24, 2.45) is 0 Å². The van der Waals surface area contributed by atoms with E-state index in [4.69, 9.17) is 11.6 Å². The molecule has 0 aliphatic heterocycles. The minimum Gasteiger partial charge on any atom is -0.433 e. The van der Waals surface area contributed by atoms with E-state index in [2.05, 4.69) is 9.47 Å². The maximum Gasteiger partial charge on any atom is 0.513 e. The van der Waals surface area contributed by atoms with Gasteiger partial charge >= 0.3 is 6.16 Å². The SMILES string of the molecule is O=C(OC=Cc1ccccc1)OCCCl. The lowest BCUT2D eigenvalue weighted by molar-refractivity contribution is 0.0905. The maximum absolute atomic E-state index is 10.8. The van der Waals surface area contributed by atoms with Crippen LogP contribution in [0.1, 0.15) is 5.56 Å². The number of benzene rings is 1. The Labute approximate surface area is 93.3 Å². The molecule has 1 aromatic carbocycles. The first-order chi connectivity index (χ1) is 7.33. The van der Waals surface area contributed by atoms with Gasteiger partial charge in [-0.25, -0.2) is 4.79 Å². The van der Waals surface area contributed by atoms with Crippen LogP contribution in [-0.4, -0.2) is 18.6 Å². The van der Waals surface area contributed by atoms with Crippen molar-refractivity contribution in [3.8, 4) is 0 Å². The van der Waals surface area contributed by atoms with Gasteiger partial charge in [-0.15, -0.1) is 11.6 Å². The molecule has 0 aliphatic carbocycles. The van der Waals surface area contributed by atoms with Gasteiger partial charge in [-0.05, 0) is 11.6 Å². The van der Waals surface area contributed by atoms with Crippen molar-refractivity contribution in [2.75, 3.05) is 12.5 Å². The fourth-order valence-corrected chi connectivity index (χ4v) is 0.965. The largest absolute Gasteiger partial charge is 0.513 e. The topological polar surface area (TPSA) is 35.5 Å². The lowest BCUT2D eigenvalue weighted by Crippen LogP contribution is -2.05. The molecule has 3 nitrogen and oxygen atoms in total. The molecule has 0 heterocycles. The lowest BCUT2D eigenvalue weighted by Gasteiger charge is -1.99. The Bertz CT molecular complexity index is 322. The van der Waals surface area contributed by atoms with E-state index in [0.717, 1.165) is 5.56 Å². The molecular weight excluding hydrogens is 216 g/mol. The molecule has 0 saturated heterocycles. The van der Waals surface area contributed by atoms with E-state index >= 15 is 0 Å². The predicted octanol–water partition coefficient (Wildman–Crippen LogP) is 3.05. The van der Waals surface area contributed by atoms with Gasteiger partial charge in [-0.1, -0.05) is 30.3 Å². The van der Waals surface area contributed by atoms with Crippen molar-refractivity contribution < 1.29 is 14.3 Å². The smallest absolute Gasteiger partial charge is 0.433 e. The number of carbonyl (C=O) groups is 1. The highest BCUT2D eigenvalue weighted by atomic mass is 35.5. The van der Waals surface area contributed by atoms with Crippen LogP contribution >= 0.6 is 11.6 Å². The Balaban J connectivity index is 2.31. The summed E-state index contributed by atoms with van der Waals surface area (Å²) < 4.78 is 9.23. The number of hydrogen-bond donors (Lipinski definition) is 0. The van der Waals surface area contributed by atoms with E-state index in [-0.39, 0.29) is 12.5 Å².